The summed E-state index contributed by atoms with van der Waals surface area (Å²) in [4.78, 5) is 27.8. The highest BCUT2D eigenvalue weighted by atomic mass is 79.9. The molecular formula is C26H29BrN2O4. The lowest BCUT2D eigenvalue weighted by Gasteiger charge is -2.35. The SMILES string of the molecule is COc1ccc(/C=C2\Oc3ccccc3N(CC(=O)NC3CCCC(C)C3C)C2=O)cc1Br. The van der Waals surface area contributed by atoms with Gasteiger partial charge >= 0.3 is 0 Å². The number of halogens is 1. The number of carbonyl (C=O) groups excluding carboxylic acids is 2. The van der Waals surface area contributed by atoms with Crippen molar-refractivity contribution >= 4 is 39.5 Å². The molecule has 4 rings (SSSR count). The van der Waals surface area contributed by atoms with Gasteiger partial charge in [0.2, 0.25) is 5.91 Å². The lowest BCUT2D eigenvalue weighted by Crippen LogP contribution is -2.49. The summed E-state index contributed by atoms with van der Waals surface area (Å²) in [6.07, 6.45) is 4.96. The molecular weight excluding hydrogens is 484 g/mol. The number of para-hydroxylation sites is 2. The van der Waals surface area contributed by atoms with Crippen molar-refractivity contribution in [3.05, 3.63) is 58.3 Å². The predicted molar refractivity (Wildman–Crippen MR) is 132 cm³/mol. The summed E-state index contributed by atoms with van der Waals surface area (Å²) in [7, 11) is 1.60. The minimum absolute atomic E-state index is 0.0551. The first kappa shape index (κ1) is 23.4. The molecule has 174 valence electrons. The second-order valence-corrected chi connectivity index (χ2v) is 9.66. The molecule has 1 saturated carbocycles. The summed E-state index contributed by atoms with van der Waals surface area (Å²) in [6, 6.07) is 12.9. The van der Waals surface area contributed by atoms with E-state index in [1.54, 1.807) is 25.3 Å². The third-order valence-electron chi connectivity index (χ3n) is 6.66. The lowest BCUT2D eigenvalue weighted by molar-refractivity contribution is -0.124. The molecule has 0 aromatic heterocycles. The van der Waals surface area contributed by atoms with Gasteiger partial charge in [-0.3, -0.25) is 14.5 Å². The topological polar surface area (TPSA) is 67.9 Å². The molecule has 2 amide bonds. The highest BCUT2D eigenvalue weighted by molar-refractivity contribution is 9.10. The third kappa shape index (κ3) is 5.08. The van der Waals surface area contributed by atoms with Crippen LogP contribution in [-0.4, -0.2) is 31.5 Å². The second kappa shape index (κ2) is 10.00. The van der Waals surface area contributed by atoms with Crippen LogP contribution in [0.4, 0.5) is 5.69 Å². The minimum Gasteiger partial charge on any atom is -0.496 e. The fourth-order valence-corrected chi connectivity index (χ4v) is 5.08. The van der Waals surface area contributed by atoms with E-state index in [0.29, 0.717) is 29.0 Å². The Hall–Kier alpha value is -2.80. The number of hydrogen-bond acceptors (Lipinski definition) is 4. The molecule has 1 aliphatic carbocycles. The molecule has 2 aliphatic rings. The van der Waals surface area contributed by atoms with Crippen LogP contribution in [0, 0.1) is 11.8 Å². The number of methoxy groups -OCH3 is 1. The standard InChI is InChI=1S/C26H29BrN2O4/c1-16-7-6-8-20(17(16)2)28-25(30)15-29-21-9-4-5-10-23(21)33-24(26(29)31)14-18-11-12-22(32-3)19(27)13-18/h4-5,9-14,16-17,20H,6-8,15H2,1-3H3,(H,28,30)/b24-14-. The quantitative estimate of drug-likeness (QED) is 0.561. The molecule has 0 radical (unpaired) electrons. The zero-order chi connectivity index (χ0) is 23.5. The van der Waals surface area contributed by atoms with E-state index >= 15 is 0 Å². The molecule has 33 heavy (non-hydrogen) atoms. The fourth-order valence-electron chi connectivity index (χ4n) is 4.52. The van der Waals surface area contributed by atoms with Crippen molar-refractivity contribution in [3.8, 4) is 11.5 Å². The summed E-state index contributed by atoms with van der Waals surface area (Å²) >= 11 is 3.47. The average Bonchev–Trinajstić information content (AvgIpc) is 2.80. The van der Waals surface area contributed by atoms with E-state index in [0.717, 1.165) is 22.9 Å². The molecule has 0 spiro atoms. The van der Waals surface area contributed by atoms with Gasteiger partial charge < -0.3 is 14.8 Å². The number of anilines is 1. The van der Waals surface area contributed by atoms with Crippen LogP contribution >= 0.6 is 15.9 Å². The predicted octanol–water partition coefficient (Wildman–Crippen LogP) is 5.17. The van der Waals surface area contributed by atoms with Crippen molar-refractivity contribution in [3.63, 3.8) is 0 Å². The summed E-state index contributed by atoms with van der Waals surface area (Å²) in [6.45, 7) is 4.37. The molecule has 1 N–H and O–H groups in total. The number of carbonyl (C=O) groups is 2. The lowest BCUT2D eigenvalue weighted by atomic mass is 9.78. The number of amides is 2. The van der Waals surface area contributed by atoms with Gasteiger partial charge in [-0.05, 0) is 70.1 Å². The monoisotopic (exact) mass is 512 g/mol. The van der Waals surface area contributed by atoms with Crippen LogP contribution < -0.4 is 19.7 Å². The maximum Gasteiger partial charge on any atom is 0.294 e. The number of hydrogen-bond donors (Lipinski definition) is 1. The molecule has 3 unspecified atom stereocenters. The van der Waals surface area contributed by atoms with E-state index in [1.165, 1.54) is 11.3 Å². The number of ether oxygens (including phenoxy) is 2. The van der Waals surface area contributed by atoms with Gasteiger partial charge in [-0.2, -0.15) is 0 Å². The highest BCUT2D eigenvalue weighted by Crippen LogP contribution is 2.36. The first-order valence-electron chi connectivity index (χ1n) is 11.3. The van der Waals surface area contributed by atoms with Gasteiger partial charge in [0.25, 0.3) is 5.91 Å². The van der Waals surface area contributed by atoms with E-state index in [-0.39, 0.29) is 30.2 Å². The Labute approximate surface area is 203 Å². The summed E-state index contributed by atoms with van der Waals surface area (Å²) in [5.74, 6) is 1.90. The molecule has 6 nitrogen and oxygen atoms in total. The third-order valence-corrected chi connectivity index (χ3v) is 7.28. The van der Waals surface area contributed by atoms with Gasteiger partial charge in [-0.15, -0.1) is 0 Å². The van der Waals surface area contributed by atoms with Gasteiger partial charge in [0.1, 0.15) is 12.3 Å². The molecule has 2 aromatic rings. The van der Waals surface area contributed by atoms with Crippen LogP contribution in [0.25, 0.3) is 6.08 Å². The Morgan fingerprint density at radius 2 is 2.03 bits per heavy atom. The van der Waals surface area contributed by atoms with E-state index in [4.69, 9.17) is 9.47 Å². The van der Waals surface area contributed by atoms with Crippen molar-refractivity contribution in [1.29, 1.82) is 0 Å². The largest absolute Gasteiger partial charge is 0.496 e. The van der Waals surface area contributed by atoms with Gasteiger partial charge in [-0.1, -0.05) is 44.9 Å². The van der Waals surface area contributed by atoms with E-state index in [9.17, 15) is 9.59 Å². The van der Waals surface area contributed by atoms with Gasteiger partial charge in [-0.25, -0.2) is 0 Å². The maximum atomic E-state index is 13.4. The first-order chi connectivity index (χ1) is 15.9. The molecule has 1 heterocycles. The number of fused-ring (bicyclic) bond motifs is 1. The smallest absolute Gasteiger partial charge is 0.294 e. The Morgan fingerprint density at radius 3 is 2.79 bits per heavy atom. The molecule has 7 heteroatoms. The van der Waals surface area contributed by atoms with Crippen molar-refractivity contribution in [1.82, 2.24) is 5.32 Å². The number of rotatable bonds is 5. The normalized spacial score (nSPS) is 23.6. The zero-order valence-corrected chi connectivity index (χ0v) is 20.7. The highest BCUT2D eigenvalue weighted by Gasteiger charge is 2.33. The fraction of sp³-hybridized carbons (Fsp3) is 0.385. The second-order valence-electron chi connectivity index (χ2n) is 8.80. The average molecular weight is 513 g/mol. The van der Waals surface area contributed by atoms with Crippen molar-refractivity contribution < 1.29 is 19.1 Å². The Balaban J connectivity index is 1.57. The first-order valence-corrected chi connectivity index (χ1v) is 12.1. The Morgan fingerprint density at radius 1 is 1.24 bits per heavy atom. The molecule has 0 bridgehead atoms. The summed E-state index contributed by atoms with van der Waals surface area (Å²) in [5.41, 5.74) is 1.37. The summed E-state index contributed by atoms with van der Waals surface area (Å²) < 4.78 is 12.0. The minimum atomic E-state index is -0.346. The van der Waals surface area contributed by atoms with Crippen molar-refractivity contribution in [2.24, 2.45) is 11.8 Å². The van der Waals surface area contributed by atoms with E-state index in [2.05, 4.69) is 35.1 Å². The van der Waals surface area contributed by atoms with Crippen LogP contribution in [0.1, 0.15) is 38.7 Å². The molecule has 1 fully saturated rings. The number of nitrogens with one attached hydrogen (secondary N) is 1. The Kier molecular flexibility index (Phi) is 7.08. The maximum absolute atomic E-state index is 13.4. The van der Waals surface area contributed by atoms with Crippen LogP contribution in [0.3, 0.4) is 0 Å². The van der Waals surface area contributed by atoms with Crippen LogP contribution in [0.15, 0.2) is 52.7 Å². The number of nitrogens with zero attached hydrogens (tertiary/aromatic N) is 1. The summed E-state index contributed by atoms with van der Waals surface area (Å²) in [5, 5.41) is 3.17. The van der Waals surface area contributed by atoms with Crippen LogP contribution in [-0.2, 0) is 9.59 Å². The molecule has 1 aliphatic heterocycles. The van der Waals surface area contributed by atoms with E-state index < -0.39 is 0 Å². The molecule has 0 saturated heterocycles. The van der Waals surface area contributed by atoms with Crippen LogP contribution in [0.2, 0.25) is 0 Å². The Bertz CT molecular complexity index is 1080. The van der Waals surface area contributed by atoms with Crippen molar-refractivity contribution in [2.45, 2.75) is 39.2 Å². The number of benzene rings is 2. The molecule has 3 atom stereocenters. The van der Waals surface area contributed by atoms with E-state index in [1.807, 2.05) is 30.3 Å². The van der Waals surface area contributed by atoms with Gasteiger partial charge in [0, 0.05) is 6.04 Å². The molecule has 2 aromatic carbocycles. The van der Waals surface area contributed by atoms with Gasteiger partial charge in [0.05, 0.1) is 17.3 Å². The van der Waals surface area contributed by atoms with Crippen molar-refractivity contribution in [2.75, 3.05) is 18.6 Å². The zero-order valence-electron chi connectivity index (χ0n) is 19.1. The van der Waals surface area contributed by atoms with Crippen LogP contribution in [0.5, 0.6) is 11.5 Å². The van der Waals surface area contributed by atoms with Gasteiger partial charge in [0.15, 0.2) is 11.5 Å².